The van der Waals surface area contributed by atoms with E-state index < -0.39 is 0 Å². The molecule has 3 heteroatoms. The molecule has 3 nitrogen and oxygen atoms in total. The SMILES string of the molecule is Cc1ccc(-n2ncc3ccccc32)c(CC(C)N)c1. The molecule has 1 atom stereocenters. The minimum absolute atomic E-state index is 0.136. The van der Waals surface area contributed by atoms with E-state index in [4.69, 9.17) is 5.73 Å². The monoisotopic (exact) mass is 265 g/mol. The molecule has 3 aromatic rings. The van der Waals surface area contributed by atoms with E-state index >= 15 is 0 Å². The van der Waals surface area contributed by atoms with Crippen molar-refractivity contribution < 1.29 is 0 Å². The quantitative estimate of drug-likeness (QED) is 0.790. The molecule has 0 aliphatic rings. The number of aryl methyl sites for hydroxylation is 1. The summed E-state index contributed by atoms with van der Waals surface area (Å²) >= 11 is 0. The van der Waals surface area contributed by atoms with Gasteiger partial charge in [0.15, 0.2) is 0 Å². The number of nitrogens with two attached hydrogens (primary N) is 1. The summed E-state index contributed by atoms with van der Waals surface area (Å²) in [5.74, 6) is 0. The Morgan fingerprint density at radius 1 is 1.20 bits per heavy atom. The molecule has 2 aromatic carbocycles. The van der Waals surface area contributed by atoms with Crippen LogP contribution in [0.2, 0.25) is 0 Å². The van der Waals surface area contributed by atoms with Crippen LogP contribution < -0.4 is 5.73 Å². The fraction of sp³-hybridized carbons (Fsp3) is 0.235. The van der Waals surface area contributed by atoms with E-state index in [1.54, 1.807) is 0 Å². The summed E-state index contributed by atoms with van der Waals surface area (Å²) < 4.78 is 2.01. The molecule has 0 bridgehead atoms. The highest BCUT2D eigenvalue weighted by Gasteiger charge is 2.10. The summed E-state index contributed by atoms with van der Waals surface area (Å²) in [6.45, 7) is 4.14. The lowest BCUT2D eigenvalue weighted by atomic mass is 10.0. The number of nitrogens with zero attached hydrogens (tertiary/aromatic N) is 2. The minimum atomic E-state index is 0.136. The van der Waals surface area contributed by atoms with Crippen molar-refractivity contribution in [2.45, 2.75) is 26.3 Å². The average Bonchev–Trinajstić information content (AvgIpc) is 2.82. The first-order chi connectivity index (χ1) is 9.65. The number of para-hydroxylation sites is 1. The van der Waals surface area contributed by atoms with Gasteiger partial charge in [0, 0.05) is 11.4 Å². The van der Waals surface area contributed by atoms with Crippen LogP contribution in [0, 0.1) is 6.92 Å². The Balaban J connectivity index is 2.18. The standard InChI is InChI=1S/C17H19N3/c1-12-7-8-17(15(9-12)10-13(2)18)20-16-6-4-3-5-14(16)11-19-20/h3-9,11,13H,10,18H2,1-2H3. The summed E-state index contributed by atoms with van der Waals surface area (Å²) in [7, 11) is 0. The normalized spacial score (nSPS) is 12.8. The average molecular weight is 265 g/mol. The Labute approximate surface area is 119 Å². The fourth-order valence-corrected chi connectivity index (χ4v) is 2.59. The number of hydrogen-bond acceptors (Lipinski definition) is 2. The van der Waals surface area contributed by atoms with Gasteiger partial charge in [-0.15, -0.1) is 0 Å². The van der Waals surface area contributed by atoms with Gasteiger partial charge in [0.05, 0.1) is 17.4 Å². The number of benzene rings is 2. The maximum atomic E-state index is 5.98. The molecule has 1 heterocycles. The molecule has 0 aliphatic heterocycles. The predicted molar refractivity (Wildman–Crippen MR) is 83.2 cm³/mol. The van der Waals surface area contributed by atoms with Crippen LogP contribution in [0.1, 0.15) is 18.1 Å². The topological polar surface area (TPSA) is 43.8 Å². The van der Waals surface area contributed by atoms with E-state index in [2.05, 4.69) is 42.4 Å². The van der Waals surface area contributed by atoms with Gasteiger partial charge < -0.3 is 5.73 Å². The van der Waals surface area contributed by atoms with Crippen molar-refractivity contribution in [3.05, 3.63) is 59.8 Å². The minimum Gasteiger partial charge on any atom is -0.328 e. The molecule has 0 fully saturated rings. The molecule has 0 saturated carbocycles. The predicted octanol–water partition coefficient (Wildman–Crippen LogP) is 3.22. The molecular formula is C17H19N3. The molecule has 1 aromatic heterocycles. The third kappa shape index (κ3) is 2.32. The number of aromatic nitrogens is 2. The summed E-state index contributed by atoms with van der Waals surface area (Å²) in [4.78, 5) is 0. The van der Waals surface area contributed by atoms with Crippen molar-refractivity contribution in [2.24, 2.45) is 5.73 Å². The molecule has 102 valence electrons. The van der Waals surface area contributed by atoms with Gasteiger partial charge in [-0.1, -0.05) is 35.9 Å². The van der Waals surface area contributed by atoms with Gasteiger partial charge in [-0.05, 0) is 38.0 Å². The molecular weight excluding hydrogens is 246 g/mol. The number of fused-ring (bicyclic) bond motifs is 1. The molecule has 2 N–H and O–H groups in total. The highest BCUT2D eigenvalue weighted by molar-refractivity contribution is 5.80. The summed E-state index contributed by atoms with van der Waals surface area (Å²) in [6.07, 6.45) is 2.76. The number of rotatable bonds is 3. The van der Waals surface area contributed by atoms with Crippen LogP contribution in [0.3, 0.4) is 0 Å². The zero-order valence-electron chi connectivity index (χ0n) is 11.9. The summed E-state index contributed by atoms with van der Waals surface area (Å²) in [6, 6.07) is 14.8. The second-order valence-electron chi connectivity index (χ2n) is 5.43. The van der Waals surface area contributed by atoms with Gasteiger partial charge in [0.25, 0.3) is 0 Å². The lowest BCUT2D eigenvalue weighted by Gasteiger charge is -2.13. The van der Waals surface area contributed by atoms with Gasteiger partial charge in [-0.3, -0.25) is 0 Å². The van der Waals surface area contributed by atoms with Crippen molar-refractivity contribution in [1.82, 2.24) is 9.78 Å². The van der Waals surface area contributed by atoms with Gasteiger partial charge in [0.1, 0.15) is 0 Å². The van der Waals surface area contributed by atoms with Crippen LogP contribution >= 0.6 is 0 Å². The Hall–Kier alpha value is -2.13. The summed E-state index contributed by atoms with van der Waals surface area (Å²) in [5, 5.41) is 5.69. The smallest absolute Gasteiger partial charge is 0.0741 e. The van der Waals surface area contributed by atoms with Crippen LogP contribution in [0.15, 0.2) is 48.7 Å². The third-order valence-corrected chi connectivity index (χ3v) is 3.48. The van der Waals surface area contributed by atoms with Gasteiger partial charge in [-0.2, -0.15) is 5.10 Å². The highest BCUT2D eigenvalue weighted by atomic mass is 15.3. The van der Waals surface area contributed by atoms with E-state index in [1.807, 2.05) is 29.9 Å². The zero-order chi connectivity index (χ0) is 14.1. The van der Waals surface area contributed by atoms with E-state index in [-0.39, 0.29) is 6.04 Å². The van der Waals surface area contributed by atoms with E-state index in [0.717, 1.165) is 23.0 Å². The molecule has 3 rings (SSSR count). The van der Waals surface area contributed by atoms with Gasteiger partial charge >= 0.3 is 0 Å². The fourth-order valence-electron chi connectivity index (χ4n) is 2.59. The second-order valence-corrected chi connectivity index (χ2v) is 5.43. The van der Waals surface area contributed by atoms with E-state index in [9.17, 15) is 0 Å². The first kappa shape index (κ1) is 12.9. The molecule has 0 amide bonds. The van der Waals surface area contributed by atoms with Crippen molar-refractivity contribution in [3.8, 4) is 5.69 Å². The van der Waals surface area contributed by atoms with E-state index in [1.165, 1.54) is 11.1 Å². The van der Waals surface area contributed by atoms with Crippen LogP contribution in [-0.2, 0) is 6.42 Å². The van der Waals surface area contributed by atoms with Crippen LogP contribution in [0.5, 0.6) is 0 Å². The highest BCUT2D eigenvalue weighted by Crippen LogP contribution is 2.22. The van der Waals surface area contributed by atoms with Crippen LogP contribution in [-0.4, -0.2) is 15.8 Å². The molecule has 0 aliphatic carbocycles. The Kier molecular flexibility index (Phi) is 3.28. The lowest BCUT2D eigenvalue weighted by Crippen LogP contribution is -2.19. The molecule has 0 radical (unpaired) electrons. The first-order valence-electron chi connectivity index (χ1n) is 6.93. The van der Waals surface area contributed by atoms with Crippen molar-refractivity contribution >= 4 is 10.9 Å². The second kappa shape index (κ2) is 5.10. The Bertz CT molecular complexity index is 741. The van der Waals surface area contributed by atoms with Crippen LogP contribution in [0.4, 0.5) is 0 Å². The Morgan fingerprint density at radius 2 is 2.00 bits per heavy atom. The zero-order valence-corrected chi connectivity index (χ0v) is 11.9. The molecule has 1 unspecified atom stereocenters. The third-order valence-electron chi connectivity index (χ3n) is 3.48. The van der Waals surface area contributed by atoms with Crippen molar-refractivity contribution in [2.75, 3.05) is 0 Å². The van der Waals surface area contributed by atoms with Gasteiger partial charge in [0.2, 0.25) is 0 Å². The molecule has 0 spiro atoms. The Morgan fingerprint density at radius 3 is 2.80 bits per heavy atom. The van der Waals surface area contributed by atoms with Crippen LogP contribution in [0.25, 0.3) is 16.6 Å². The van der Waals surface area contributed by atoms with E-state index in [0.29, 0.717) is 0 Å². The van der Waals surface area contributed by atoms with Gasteiger partial charge in [-0.25, -0.2) is 4.68 Å². The number of hydrogen-bond donors (Lipinski definition) is 1. The molecule has 20 heavy (non-hydrogen) atoms. The summed E-state index contributed by atoms with van der Waals surface area (Å²) in [5.41, 5.74) is 10.7. The first-order valence-corrected chi connectivity index (χ1v) is 6.93. The van der Waals surface area contributed by atoms with Crippen molar-refractivity contribution in [1.29, 1.82) is 0 Å². The maximum Gasteiger partial charge on any atom is 0.0741 e. The lowest BCUT2D eigenvalue weighted by molar-refractivity contribution is 0.729. The largest absolute Gasteiger partial charge is 0.328 e. The molecule has 0 saturated heterocycles. The maximum absolute atomic E-state index is 5.98. The van der Waals surface area contributed by atoms with Crippen molar-refractivity contribution in [3.63, 3.8) is 0 Å².